The summed E-state index contributed by atoms with van der Waals surface area (Å²) in [6, 6.07) is 8.52. The van der Waals surface area contributed by atoms with E-state index >= 15 is 0 Å². The van der Waals surface area contributed by atoms with Crippen molar-refractivity contribution in [2.75, 3.05) is 98.8 Å². The molecule has 0 bridgehead atoms. The molecule has 0 spiro atoms. The summed E-state index contributed by atoms with van der Waals surface area (Å²) in [6.07, 6.45) is 19.0. The molecule has 0 aliphatic rings. The predicted octanol–water partition coefficient (Wildman–Crippen LogP) is 8.12. The monoisotopic (exact) mass is 1090 g/mol. The first kappa shape index (κ1) is 80.2. The molecule has 78 heavy (non-hydrogen) atoms. The second-order valence-corrected chi connectivity index (χ2v) is 16.8. The van der Waals surface area contributed by atoms with E-state index in [1.54, 1.807) is 30.3 Å². The first-order chi connectivity index (χ1) is 37.6. The summed E-state index contributed by atoms with van der Waals surface area (Å²) in [7, 11) is 0. The minimum Gasteiger partial charge on any atom is -0.382 e. The Bertz CT molecular complexity index is 1870. The van der Waals surface area contributed by atoms with Gasteiger partial charge in [0.05, 0.1) is 6.61 Å². The molecule has 5 N–H and O–H groups in total. The van der Waals surface area contributed by atoms with Crippen LogP contribution in [-0.2, 0) is 47.7 Å². The maximum Gasteiger partial charge on any atom is 0.261 e. The van der Waals surface area contributed by atoms with Crippen molar-refractivity contribution in [2.24, 2.45) is 0 Å². The molecule has 0 aromatic rings. The normalized spacial score (nSPS) is 9.44. The van der Waals surface area contributed by atoms with Gasteiger partial charge in [0, 0.05) is 92.2 Å². The van der Waals surface area contributed by atoms with E-state index in [9.17, 15) is 24.0 Å². The number of amides is 5. The molecule has 0 aromatic heterocycles. The van der Waals surface area contributed by atoms with Crippen LogP contribution in [0.5, 0.6) is 0 Å². The Morgan fingerprint density at radius 3 is 0.821 bits per heavy atom. The zero-order valence-corrected chi connectivity index (χ0v) is 48.2. The molecule has 0 unspecified atom stereocenters. The van der Waals surface area contributed by atoms with Gasteiger partial charge >= 0.3 is 0 Å². The minimum atomic E-state index is -0.428. The van der Waals surface area contributed by atoms with E-state index in [1.165, 1.54) is 38.5 Å². The Labute approximate surface area is 468 Å². The van der Waals surface area contributed by atoms with Crippen LogP contribution < -0.4 is 26.6 Å². The van der Waals surface area contributed by atoms with Crippen LogP contribution in [0.15, 0.2) is 60.8 Å². The van der Waals surface area contributed by atoms with Gasteiger partial charge in [-0.05, 0) is 84.0 Å². The van der Waals surface area contributed by atoms with E-state index in [1.807, 2.05) is 20.8 Å². The third-order valence-electron chi connectivity index (χ3n) is 9.68. The van der Waals surface area contributed by atoms with Crippen LogP contribution in [0.1, 0.15) is 150 Å². The van der Waals surface area contributed by atoms with Crippen LogP contribution in [0.3, 0.4) is 0 Å². The molecule has 0 atom stereocenters. The Balaban J connectivity index is -0.000000287. The zero-order valence-electron chi connectivity index (χ0n) is 48.2. The first-order valence-corrected chi connectivity index (χ1v) is 27.3. The fraction of sp³-hybridized carbons (Fsp3) is 0.655. The van der Waals surface area contributed by atoms with Crippen molar-refractivity contribution in [1.29, 1.82) is 26.3 Å². The van der Waals surface area contributed by atoms with E-state index in [2.05, 4.69) is 73.3 Å². The lowest BCUT2D eigenvalue weighted by atomic mass is 10.1. The van der Waals surface area contributed by atoms with Crippen LogP contribution in [0.25, 0.3) is 0 Å². The number of nitrogens with one attached hydrogen (secondary N) is 5. The highest BCUT2D eigenvalue weighted by Crippen LogP contribution is 2.08. The van der Waals surface area contributed by atoms with Crippen LogP contribution in [0, 0.1) is 56.7 Å². The Kier molecular flexibility index (Phi) is 68.3. The average Bonchev–Trinajstić information content (AvgIpc) is 3.45. The van der Waals surface area contributed by atoms with Crippen molar-refractivity contribution in [3.05, 3.63) is 60.8 Å². The molecule has 0 saturated heterocycles. The lowest BCUT2D eigenvalue weighted by molar-refractivity contribution is -0.118. The molecule has 0 rings (SSSR count). The van der Waals surface area contributed by atoms with Gasteiger partial charge in [0.15, 0.2) is 0 Å². The van der Waals surface area contributed by atoms with E-state index < -0.39 is 11.8 Å². The number of unbranched alkanes of at least 4 members (excludes halogenated alkanes) is 10. The second kappa shape index (κ2) is 66.4. The Morgan fingerprint density at radius 1 is 0.295 bits per heavy atom. The molecule has 0 fully saturated rings. The number of carbonyl (C=O) groups is 5. The van der Waals surface area contributed by atoms with E-state index in [0.29, 0.717) is 52.5 Å². The highest BCUT2D eigenvalue weighted by atomic mass is 16.5. The van der Waals surface area contributed by atoms with Gasteiger partial charge in [-0.3, -0.25) is 24.0 Å². The van der Waals surface area contributed by atoms with Crippen molar-refractivity contribution in [3.63, 3.8) is 0 Å². The maximum absolute atomic E-state index is 11.2. The number of ether oxygens (including phenoxy) is 5. The van der Waals surface area contributed by atoms with Gasteiger partial charge in [-0.2, -0.15) is 26.3 Å². The molecule has 20 nitrogen and oxygen atoms in total. The topological polar surface area (TPSA) is 311 Å². The van der Waals surface area contributed by atoms with Crippen molar-refractivity contribution >= 4 is 29.5 Å². The standard InChI is InChI=1S/C16H28N2O2.C12H20N2O2.C11H18N2O2.C10H16N2O2.C9H14N2O2/c1-3-20-13-11-9-7-5-4-6-8-10-12-18-16(19)15(2)14-17;1-3-8-16-9-6-4-5-7-14-12(15)11(2)10-13;1-3-7-15-8-5-4-6-13-11(14)10(2)9-12;1-3-6-14-7-4-5-12-10(13)9(2)8-11;1-3-5-13-6-4-11-9(12)8(2)7-10/h2-13H2,1H3,(H,18,19);2-9H2,1H3,(H,14,15);2-8H2,1H3,(H,13,14);2-7H2,1H3,(H,12,13);2-6H2,1H3,(H,11,12). The number of nitriles is 5. The van der Waals surface area contributed by atoms with Crippen molar-refractivity contribution < 1.29 is 47.7 Å². The van der Waals surface area contributed by atoms with Crippen molar-refractivity contribution in [3.8, 4) is 30.3 Å². The van der Waals surface area contributed by atoms with Crippen LogP contribution in [-0.4, -0.2) is 128 Å². The Hall–Kier alpha value is -6.70. The van der Waals surface area contributed by atoms with Crippen LogP contribution in [0.4, 0.5) is 0 Å². The first-order valence-electron chi connectivity index (χ1n) is 27.3. The zero-order chi connectivity index (χ0) is 59.7. The van der Waals surface area contributed by atoms with Gasteiger partial charge in [-0.15, -0.1) is 0 Å². The SMILES string of the molecule is C=C(C#N)C(=O)NCCCCCCCCCCOCC.C=C(C#N)C(=O)NCCCCCOCCC.C=C(C#N)C(=O)NCCCCOCCC.C=C(C#N)C(=O)NCCCOCCC.C=C(C#N)C(=O)NCCOCCC. The van der Waals surface area contributed by atoms with E-state index in [4.69, 9.17) is 50.0 Å². The number of nitrogens with zero attached hydrogens (tertiary/aromatic N) is 5. The average molecular weight is 1090 g/mol. The molecule has 0 heterocycles. The van der Waals surface area contributed by atoms with Gasteiger partial charge < -0.3 is 50.3 Å². The van der Waals surface area contributed by atoms with Crippen molar-refractivity contribution in [2.45, 2.75) is 150 Å². The molecular formula is C58H96N10O10. The van der Waals surface area contributed by atoms with Crippen LogP contribution in [0.2, 0.25) is 0 Å². The smallest absolute Gasteiger partial charge is 0.261 e. The molecule has 0 aromatic carbocycles. The fourth-order valence-electron chi connectivity index (χ4n) is 5.36. The fourth-order valence-corrected chi connectivity index (χ4v) is 5.36. The highest BCUT2D eigenvalue weighted by molar-refractivity contribution is 5.98. The molecular weight excluding hydrogens is 997 g/mol. The van der Waals surface area contributed by atoms with Gasteiger partial charge in [-0.25, -0.2) is 0 Å². The minimum absolute atomic E-state index is 0.0166. The third-order valence-corrected chi connectivity index (χ3v) is 9.68. The number of hydrogen-bond acceptors (Lipinski definition) is 15. The van der Waals surface area contributed by atoms with Gasteiger partial charge in [-0.1, -0.05) is 99.1 Å². The number of hydrogen-bond donors (Lipinski definition) is 5. The van der Waals surface area contributed by atoms with Gasteiger partial charge in [0.2, 0.25) is 0 Å². The molecule has 0 aliphatic heterocycles. The summed E-state index contributed by atoms with van der Waals surface area (Å²) < 4.78 is 26.2. The molecule has 0 aliphatic carbocycles. The highest BCUT2D eigenvalue weighted by Gasteiger charge is 2.07. The second-order valence-electron chi connectivity index (χ2n) is 16.8. The molecule has 0 radical (unpaired) electrons. The van der Waals surface area contributed by atoms with Crippen molar-refractivity contribution in [1.82, 2.24) is 26.6 Å². The van der Waals surface area contributed by atoms with Crippen LogP contribution >= 0.6 is 0 Å². The summed E-state index contributed by atoms with van der Waals surface area (Å²) in [6.45, 7) is 36.9. The lowest BCUT2D eigenvalue weighted by Gasteiger charge is -2.04. The van der Waals surface area contributed by atoms with E-state index in [0.717, 1.165) is 123 Å². The molecule has 5 amide bonds. The van der Waals surface area contributed by atoms with Gasteiger partial charge in [0.25, 0.3) is 29.5 Å². The maximum atomic E-state index is 11.2. The summed E-state index contributed by atoms with van der Waals surface area (Å²) in [5.74, 6) is -1.93. The summed E-state index contributed by atoms with van der Waals surface area (Å²) in [4.78, 5) is 55.3. The number of carbonyl (C=O) groups excluding carboxylic acids is 5. The number of rotatable bonds is 43. The predicted molar refractivity (Wildman–Crippen MR) is 304 cm³/mol. The Morgan fingerprint density at radius 2 is 0.513 bits per heavy atom. The largest absolute Gasteiger partial charge is 0.382 e. The van der Waals surface area contributed by atoms with Gasteiger partial charge in [0.1, 0.15) is 58.2 Å². The summed E-state index contributed by atoms with van der Waals surface area (Å²) >= 11 is 0. The lowest BCUT2D eigenvalue weighted by Crippen LogP contribution is -2.27. The quantitative estimate of drug-likeness (QED) is 0.0219. The molecule has 0 saturated carbocycles. The third kappa shape index (κ3) is 63.6. The van der Waals surface area contributed by atoms with E-state index in [-0.39, 0.29) is 45.6 Å². The summed E-state index contributed by atoms with van der Waals surface area (Å²) in [5.41, 5.74) is -0.226. The molecule has 438 valence electrons. The molecule has 20 heteroatoms. The summed E-state index contributed by atoms with van der Waals surface area (Å²) in [5, 5.41) is 54.9.